The molecule has 1 atom stereocenters. The lowest BCUT2D eigenvalue weighted by Crippen LogP contribution is -2.48. The molecule has 0 spiro atoms. The van der Waals surface area contributed by atoms with E-state index in [4.69, 9.17) is 0 Å². The van der Waals surface area contributed by atoms with Crippen LogP contribution in [0.25, 0.3) is 0 Å². The molecule has 2 aromatic carbocycles. The summed E-state index contributed by atoms with van der Waals surface area (Å²) in [4.78, 5) is 27.4. The van der Waals surface area contributed by atoms with Crippen molar-refractivity contribution in [2.75, 3.05) is 6.54 Å². The molecule has 2 rings (SSSR count). The van der Waals surface area contributed by atoms with Crippen LogP contribution in [0.4, 0.5) is 0 Å². The van der Waals surface area contributed by atoms with Crippen molar-refractivity contribution in [1.82, 2.24) is 10.2 Å². The fourth-order valence-electron chi connectivity index (χ4n) is 3.26. The van der Waals surface area contributed by atoms with Crippen LogP contribution in [0.5, 0.6) is 0 Å². The Kier molecular flexibility index (Phi) is 8.24. The van der Waals surface area contributed by atoms with Crippen LogP contribution >= 0.6 is 15.9 Å². The molecule has 0 aromatic heterocycles. The highest BCUT2D eigenvalue weighted by molar-refractivity contribution is 9.10. The molecule has 0 saturated heterocycles. The molecule has 0 heterocycles. The van der Waals surface area contributed by atoms with Crippen molar-refractivity contribution in [3.8, 4) is 0 Å². The van der Waals surface area contributed by atoms with Crippen LogP contribution in [0.2, 0.25) is 0 Å². The normalized spacial score (nSPS) is 11.8. The first-order valence-electron chi connectivity index (χ1n) is 9.69. The topological polar surface area (TPSA) is 49.4 Å². The lowest BCUT2D eigenvalue weighted by molar-refractivity contribution is -0.140. The summed E-state index contributed by atoms with van der Waals surface area (Å²) in [5, 5.41) is 2.90. The molecule has 0 saturated carbocycles. The van der Waals surface area contributed by atoms with Gasteiger partial charge in [0, 0.05) is 17.6 Å². The van der Waals surface area contributed by atoms with E-state index in [0.29, 0.717) is 13.1 Å². The van der Waals surface area contributed by atoms with E-state index in [1.807, 2.05) is 57.2 Å². The maximum Gasteiger partial charge on any atom is 0.242 e. The highest BCUT2D eigenvalue weighted by atomic mass is 79.9. The van der Waals surface area contributed by atoms with Gasteiger partial charge in [0.05, 0.1) is 6.42 Å². The second-order valence-electron chi connectivity index (χ2n) is 7.29. The molecule has 0 aliphatic heterocycles. The lowest BCUT2D eigenvalue weighted by Gasteiger charge is -2.29. The van der Waals surface area contributed by atoms with Crippen LogP contribution in [0.15, 0.2) is 46.9 Å². The van der Waals surface area contributed by atoms with E-state index in [9.17, 15) is 9.59 Å². The van der Waals surface area contributed by atoms with Crippen molar-refractivity contribution >= 4 is 27.7 Å². The summed E-state index contributed by atoms with van der Waals surface area (Å²) in [5.74, 6) is -0.172. The second-order valence-corrected chi connectivity index (χ2v) is 8.21. The molecule has 2 amide bonds. The number of amides is 2. The summed E-state index contributed by atoms with van der Waals surface area (Å²) in [6, 6.07) is 13.5. The molecule has 0 aliphatic rings. The number of hydrogen-bond donors (Lipinski definition) is 1. The molecular weight excluding hydrogens is 416 g/mol. The molecule has 1 N–H and O–H groups in total. The molecule has 5 heteroatoms. The van der Waals surface area contributed by atoms with Gasteiger partial charge in [-0.2, -0.15) is 0 Å². The molecule has 0 unspecified atom stereocenters. The fourth-order valence-corrected chi connectivity index (χ4v) is 3.70. The maximum absolute atomic E-state index is 13.2. The number of halogens is 1. The van der Waals surface area contributed by atoms with Crippen LogP contribution in [0.3, 0.4) is 0 Å². The van der Waals surface area contributed by atoms with Crippen molar-refractivity contribution < 1.29 is 9.59 Å². The second kappa shape index (κ2) is 10.4. The van der Waals surface area contributed by atoms with Gasteiger partial charge in [-0.25, -0.2) is 0 Å². The SMILES string of the molecule is CCCNC(=O)[C@@H](C)N(Cc1cccc(Br)c1)C(=O)Cc1cc(C)cc(C)c1. The summed E-state index contributed by atoms with van der Waals surface area (Å²) in [7, 11) is 0. The Morgan fingerprint density at radius 1 is 1.07 bits per heavy atom. The van der Waals surface area contributed by atoms with E-state index in [1.165, 1.54) is 0 Å². The highest BCUT2D eigenvalue weighted by Gasteiger charge is 2.26. The minimum atomic E-state index is -0.538. The molecule has 4 nitrogen and oxygen atoms in total. The standard InChI is InChI=1S/C23H29BrN2O2/c1-5-9-25-23(28)18(4)26(15-19-7-6-8-21(24)13-19)22(27)14-20-11-16(2)10-17(3)12-20/h6-8,10-13,18H,5,9,14-15H2,1-4H3,(H,25,28)/t18-/m1/s1. The first-order valence-corrected chi connectivity index (χ1v) is 10.5. The number of carbonyl (C=O) groups excluding carboxylic acids is 2. The number of carbonyl (C=O) groups is 2. The lowest BCUT2D eigenvalue weighted by atomic mass is 10.0. The predicted molar refractivity (Wildman–Crippen MR) is 117 cm³/mol. The van der Waals surface area contributed by atoms with Crippen LogP contribution in [0.1, 0.15) is 42.5 Å². The number of hydrogen-bond acceptors (Lipinski definition) is 2. The van der Waals surface area contributed by atoms with E-state index in [0.717, 1.165) is 33.1 Å². The minimum absolute atomic E-state index is 0.0517. The average Bonchev–Trinajstić information content (AvgIpc) is 2.62. The van der Waals surface area contributed by atoms with Gasteiger partial charge in [-0.15, -0.1) is 0 Å². The van der Waals surface area contributed by atoms with Gasteiger partial charge in [-0.1, -0.05) is 64.3 Å². The van der Waals surface area contributed by atoms with Crippen LogP contribution < -0.4 is 5.32 Å². The Balaban J connectivity index is 2.24. The Morgan fingerprint density at radius 3 is 2.36 bits per heavy atom. The highest BCUT2D eigenvalue weighted by Crippen LogP contribution is 2.17. The average molecular weight is 445 g/mol. The van der Waals surface area contributed by atoms with Crippen LogP contribution in [-0.2, 0) is 22.6 Å². The zero-order chi connectivity index (χ0) is 20.7. The summed E-state index contributed by atoms with van der Waals surface area (Å²) in [6.07, 6.45) is 1.14. The van der Waals surface area contributed by atoms with E-state index in [-0.39, 0.29) is 18.2 Å². The van der Waals surface area contributed by atoms with E-state index in [2.05, 4.69) is 27.3 Å². The van der Waals surface area contributed by atoms with Crippen molar-refractivity contribution in [3.63, 3.8) is 0 Å². The number of aryl methyl sites for hydroxylation is 2. The number of nitrogens with one attached hydrogen (secondary N) is 1. The zero-order valence-corrected chi connectivity index (χ0v) is 18.7. The van der Waals surface area contributed by atoms with Crippen LogP contribution in [0, 0.1) is 13.8 Å². The summed E-state index contributed by atoms with van der Waals surface area (Å²) >= 11 is 3.48. The molecule has 150 valence electrons. The van der Waals surface area contributed by atoms with E-state index >= 15 is 0 Å². The van der Waals surface area contributed by atoms with Crippen LogP contribution in [-0.4, -0.2) is 29.3 Å². The van der Waals surface area contributed by atoms with E-state index in [1.54, 1.807) is 11.8 Å². The first-order chi connectivity index (χ1) is 13.3. The van der Waals surface area contributed by atoms with Gasteiger partial charge in [0.25, 0.3) is 0 Å². The van der Waals surface area contributed by atoms with Crippen molar-refractivity contribution in [1.29, 1.82) is 0 Å². The number of nitrogens with zero attached hydrogens (tertiary/aromatic N) is 1. The maximum atomic E-state index is 13.2. The molecule has 0 radical (unpaired) electrons. The van der Waals surface area contributed by atoms with Crippen molar-refractivity contribution in [2.45, 2.75) is 53.1 Å². The molecule has 0 aliphatic carbocycles. The first kappa shape index (κ1) is 22.2. The van der Waals surface area contributed by atoms with Gasteiger partial charge < -0.3 is 10.2 Å². The van der Waals surface area contributed by atoms with Crippen molar-refractivity contribution in [3.05, 3.63) is 69.2 Å². The van der Waals surface area contributed by atoms with Gasteiger partial charge >= 0.3 is 0 Å². The minimum Gasteiger partial charge on any atom is -0.354 e. The quantitative estimate of drug-likeness (QED) is 0.648. The van der Waals surface area contributed by atoms with Gasteiger partial charge in [0.15, 0.2) is 0 Å². The van der Waals surface area contributed by atoms with Gasteiger partial charge in [-0.05, 0) is 50.5 Å². The van der Waals surface area contributed by atoms with Crippen molar-refractivity contribution in [2.24, 2.45) is 0 Å². The third-order valence-corrected chi connectivity index (χ3v) is 5.09. The fraction of sp³-hybridized carbons (Fsp3) is 0.391. The van der Waals surface area contributed by atoms with E-state index < -0.39 is 6.04 Å². The molecule has 2 aromatic rings. The molecular formula is C23H29BrN2O2. The molecule has 28 heavy (non-hydrogen) atoms. The third-order valence-electron chi connectivity index (χ3n) is 4.60. The smallest absolute Gasteiger partial charge is 0.242 e. The Hall–Kier alpha value is -2.14. The van der Waals surface area contributed by atoms with Gasteiger partial charge in [0.2, 0.25) is 11.8 Å². The molecule has 0 bridgehead atoms. The number of rotatable bonds is 8. The number of benzene rings is 2. The third kappa shape index (κ3) is 6.48. The largest absolute Gasteiger partial charge is 0.354 e. The molecule has 0 fully saturated rings. The van der Waals surface area contributed by atoms with Gasteiger partial charge in [0.1, 0.15) is 6.04 Å². The zero-order valence-electron chi connectivity index (χ0n) is 17.1. The summed E-state index contributed by atoms with van der Waals surface area (Å²) in [6.45, 7) is 8.86. The summed E-state index contributed by atoms with van der Waals surface area (Å²) < 4.78 is 0.954. The Labute approximate surface area is 176 Å². The monoisotopic (exact) mass is 444 g/mol. The Bertz CT molecular complexity index is 815. The summed E-state index contributed by atoms with van der Waals surface area (Å²) in [5.41, 5.74) is 4.23. The Morgan fingerprint density at radius 2 is 1.75 bits per heavy atom. The van der Waals surface area contributed by atoms with Gasteiger partial charge in [-0.3, -0.25) is 9.59 Å². The predicted octanol–water partition coefficient (Wildman–Crippen LogP) is 4.55.